The lowest BCUT2D eigenvalue weighted by atomic mass is 9.97. The summed E-state index contributed by atoms with van der Waals surface area (Å²) in [5.41, 5.74) is 3.48. The molecule has 0 unspecified atom stereocenters. The Balaban J connectivity index is 1.56. The third kappa shape index (κ3) is 3.23. The number of hydrogen-bond acceptors (Lipinski definition) is 4. The van der Waals surface area contributed by atoms with E-state index in [1.165, 1.54) is 0 Å². The largest absolute Gasteiger partial charge is 0.497 e. The van der Waals surface area contributed by atoms with Crippen LogP contribution < -0.4 is 9.47 Å². The van der Waals surface area contributed by atoms with E-state index in [9.17, 15) is 4.79 Å². The summed E-state index contributed by atoms with van der Waals surface area (Å²) < 4.78 is 12.8. The van der Waals surface area contributed by atoms with Gasteiger partial charge in [-0.05, 0) is 43.2 Å². The van der Waals surface area contributed by atoms with Crippen LogP contribution in [0.15, 0.2) is 42.7 Å². The van der Waals surface area contributed by atoms with Crippen LogP contribution in [0.3, 0.4) is 0 Å². The number of aryl methyl sites for hydroxylation is 1. The number of imidazole rings is 1. The van der Waals surface area contributed by atoms with Gasteiger partial charge >= 0.3 is 0 Å². The third-order valence-corrected chi connectivity index (χ3v) is 5.17. The fourth-order valence-corrected chi connectivity index (χ4v) is 3.73. The first-order valence-electron chi connectivity index (χ1n) is 9.05. The average Bonchev–Trinajstić information content (AvgIpc) is 3.33. The summed E-state index contributed by atoms with van der Waals surface area (Å²) in [6, 6.07) is 9.74. The Kier molecular flexibility index (Phi) is 4.48. The molecule has 4 rings (SSSR count). The first-order chi connectivity index (χ1) is 13.1. The maximum absolute atomic E-state index is 13.0. The van der Waals surface area contributed by atoms with E-state index < -0.39 is 0 Å². The molecule has 1 amide bonds. The monoisotopic (exact) mass is 365 g/mol. The summed E-state index contributed by atoms with van der Waals surface area (Å²) in [5, 5.41) is 0. The van der Waals surface area contributed by atoms with Gasteiger partial charge in [-0.25, -0.2) is 4.98 Å². The van der Waals surface area contributed by atoms with Gasteiger partial charge in [-0.3, -0.25) is 4.79 Å². The molecule has 1 aliphatic heterocycles. The van der Waals surface area contributed by atoms with Crippen molar-refractivity contribution in [3.05, 3.63) is 59.5 Å². The van der Waals surface area contributed by atoms with Crippen molar-refractivity contribution >= 4 is 11.6 Å². The molecule has 27 heavy (non-hydrogen) atoms. The fourth-order valence-electron chi connectivity index (χ4n) is 3.73. The Morgan fingerprint density at radius 2 is 2.00 bits per heavy atom. The summed E-state index contributed by atoms with van der Waals surface area (Å²) in [6.45, 7) is 3.37. The van der Waals surface area contributed by atoms with Crippen molar-refractivity contribution in [1.29, 1.82) is 0 Å². The summed E-state index contributed by atoms with van der Waals surface area (Å²) in [4.78, 5) is 19.3. The van der Waals surface area contributed by atoms with Gasteiger partial charge in [-0.2, -0.15) is 0 Å². The number of fused-ring (bicyclic) bond motifs is 1. The number of aromatic nitrogens is 2. The lowest BCUT2D eigenvalue weighted by Crippen LogP contribution is -2.28. The molecule has 1 aromatic carbocycles. The van der Waals surface area contributed by atoms with Crippen molar-refractivity contribution in [2.24, 2.45) is 0 Å². The number of nitrogens with zero attached hydrogens (tertiary/aromatic N) is 3. The quantitative estimate of drug-likeness (QED) is 0.712. The predicted octanol–water partition coefficient (Wildman–Crippen LogP) is 3.29. The van der Waals surface area contributed by atoms with E-state index in [0.29, 0.717) is 18.8 Å². The van der Waals surface area contributed by atoms with Crippen molar-refractivity contribution in [1.82, 2.24) is 14.3 Å². The number of rotatable bonds is 4. The van der Waals surface area contributed by atoms with E-state index in [4.69, 9.17) is 9.47 Å². The highest BCUT2D eigenvalue weighted by molar-refractivity contribution is 5.93. The minimum Gasteiger partial charge on any atom is -0.497 e. The number of methoxy groups -OCH3 is 2. The molecule has 0 aliphatic carbocycles. The molecule has 1 aliphatic rings. The Hall–Kier alpha value is -3.02. The summed E-state index contributed by atoms with van der Waals surface area (Å²) in [6.07, 6.45) is 4.68. The number of likely N-dealkylation sites (tertiary alicyclic amines) is 1. The molecular formula is C21H23N3O3. The Labute approximate surface area is 158 Å². The van der Waals surface area contributed by atoms with Crippen molar-refractivity contribution in [2.45, 2.75) is 19.3 Å². The van der Waals surface area contributed by atoms with Crippen molar-refractivity contribution in [3.63, 3.8) is 0 Å². The molecule has 140 valence electrons. The highest BCUT2D eigenvalue weighted by Crippen LogP contribution is 2.36. The van der Waals surface area contributed by atoms with Gasteiger partial charge in [0.25, 0.3) is 5.91 Å². The molecule has 6 nitrogen and oxygen atoms in total. The van der Waals surface area contributed by atoms with Crippen LogP contribution in [0.2, 0.25) is 0 Å². The summed E-state index contributed by atoms with van der Waals surface area (Å²) in [5.74, 6) is 1.82. The van der Waals surface area contributed by atoms with E-state index in [1.807, 2.05) is 58.9 Å². The Morgan fingerprint density at radius 1 is 1.15 bits per heavy atom. The lowest BCUT2D eigenvalue weighted by Gasteiger charge is -2.17. The van der Waals surface area contributed by atoms with Crippen molar-refractivity contribution < 1.29 is 14.3 Å². The zero-order valence-electron chi connectivity index (χ0n) is 15.8. The number of carbonyl (C=O) groups excluding carboxylic acids is 1. The molecular weight excluding hydrogens is 342 g/mol. The van der Waals surface area contributed by atoms with E-state index >= 15 is 0 Å². The van der Waals surface area contributed by atoms with Crippen molar-refractivity contribution in [2.75, 3.05) is 27.3 Å². The number of hydrogen-bond donors (Lipinski definition) is 0. The standard InChI is InChI=1S/C21H23N3O3/c1-14-4-7-20-22-18(13-24(20)11-14)21(25)23-9-8-15(12-23)17-10-16(26-2)5-6-19(17)27-3/h4-7,10-11,13,15H,8-9,12H2,1-3H3/t15-/m1/s1. The summed E-state index contributed by atoms with van der Waals surface area (Å²) in [7, 11) is 3.32. The predicted molar refractivity (Wildman–Crippen MR) is 103 cm³/mol. The Bertz CT molecular complexity index is 996. The highest BCUT2D eigenvalue weighted by Gasteiger charge is 2.31. The highest BCUT2D eigenvalue weighted by atomic mass is 16.5. The van der Waals surface area contributed by atoms with Gasteiger partial charge in [0.2, 0.25) is 0 Å². The van der Waals surface area contributed by atoms with Crippen LogP contribution in [0.25, 0.3) is 5.65 Å². The smallest absolute Gasteiger partial charge is 0.274 e. The lowest BCUT2D eigenvalue weighted by molar-refractivity contribution is 0.0785. The van der Waals surface area contributed by atoms with Crippen LogP contribution in [-0.2, 0) is 0 Å². The number of carbonyl (C=O) groups is 1. The summed E-state index contributed by atoms with van der Waals surface area (Å²) >= 11 is 0. The molecule has 1 saturated heterocycles. The van der Waals surface area contributed by atoms with E-state index in [1.54, 1.807) is 14.2 Å². The second kappa shape index (κ2) is 6.95. The molecule has 3 heterocycles. The molecule has 1 fully saturated rings. The van der Waals surface area contributed by atoms with Crippen LogP contribution >= 0.6 is 0 Å². The van der Waals surface area contributed by atoms with Gasteiger partial charge in [0, 0.05) is 37.0 Å². The molecule has 1 atom stereocenters. The van der Waals surface area contributed by atoms with Gasteiger partial charge in [0.05, 0.1) is 14.2 Å². The molecule has 3 aromatic rings. The minimum absolute atomic E-state index is 0.0271. The molecule has 0 N–H and O–H groups in total. The van der Waals surface area contributed by atoms with Gasteiger partial charge < -0.3 is 18.8 Å². The number of benzene rings is 1. The molecule has 0 bridgehead atoms. The molecule has 0 spiro atoms. The fraction of sp³-hybridized carbons (Fsp3) is 0.333. The minimum atomic E-state index is -0.0271. The topological polar surface area (TPSA) is 56.1 Å². The van der Waals surface area contributed by atoms with E-state index in [-0.39, 0.29) is 11.8 Å². The maximum Gasteiger partial charge on any atom is 0.274 e. The Morgan fingerprint density at radius 3 is 2.78 bits per heavy atom. The maximum atomic E-state index is 13.0. The van der Waals surface area contributed by atoms with Crippen LogP contribution in [0.4, 0.5) is 0 Å². The first kappa shape index (κ1) is 17.4. The van der Waals surface area contributed by atoms with Crippen LogP contribution in [0.5, 0.6) is 11.5 Å². The number of pyridine rings is 1. The third-order valence-electron chi connectivity index (χ3n) is 5.17. The average molecular weight is 365 g/mol. The molecule has 2 aromatic heterocycles. The molecule has 6 heteroatoms. The van der Waals surface area contributed by atoms with Gasteiger partial charge in [0.1, 0.15) is 22.8 Å². The van der Waals surface area contributed by atoms with Crippen LogP contribution in [0.1, 0.15) is 34.0 Å². The zero-order valence-corrected chi connectivity index (χ0v) is 15.8. The molecule has 0 saturated carbocycles. The second-order valence-electron chi connectivity index (χ2n) is 6.94. The van der Waals surface area contributed by atoms with Crippen LogP contribution in [0, 0.1) is 6.92 Å². The van der Waals surface area contributed by atoms with Crippen LogP contribution in [-0.4, -0.2) is 47.5 Å². The van der Waals surface area contributed by atoms with E-state index in [0.717, 1.165) is 34.7 Å². The van der Waals surface area contributed by atoms with Gasteiger partial charge in [-0.1, -0.05) is 6.07 Å². The number of amides is 1. The van der Waals surface area contributed by atoms with E-state index in [2.05, 4.69) is 4.98 Å². The molecule has 0 radical (unpaired) electrons. The number of ether oxygens (including phenoxy) is 2. The second-order valence-corrected chi connectivity index (χ2v) is 6.94. The SMILES string of the molecule is COc1ccc(OC)c([C@@H]2CCN(C(=O)c3cn4cc(C)ccc4n3)C2)c1. The van der Waals surface area contributed by atoms with Gasteiger partial charge in [0.15, 0.2) is 0 Å². The van der Waals surface area contributed by atoms with Gasteiger partial charge in [-0.15, -0.1) is 0 Å². The zero-order chi connectivity index (χ0) is 19.0. The van der Waals surface area contributed by atoms with Crippen molar-refractivity contribution in [3.8, 4) is 11.5 Å². The first-order valence-corrected chi connectivity index (χ1v) is 9.05. The normalized spacial score (nSPS) is 16.7.